The Bertz CT molecular complexity index is 502. The number of hydrogen-bond donors (Lipinski definition) is 1. The number of methoxy groups -OCH3 is 1. The van der Waals surface area contributed by atoms with Crippen molar-refractivity contribution in [2.45, 2.75) is 19.9 Å². The number of imidazole rings is 1. The third-order valence-electron chi connectivity index (χ3n) is 2.74. The van der Waals surface area contributed by atoms with Crippen LogP contribution in [-0.2, 0) is 24.8 Å². The molecule has 0 aliphatic carbocycles. The topological polar surface area (TPSA) is 56.9 Å². The third kappa shape index (κ3) is 2.70. The van der Waals surface area contributed by atoms with E-state index in [4.69, 9.17) is 4.74 Å². The van der Waals surface area contributed by atoms with Crippen LogP contribution in [0.2, 0.25) is 0 Å². The molecule has 1 N–H and O–H groups in total. The average Bonchev–Trinajstić information content (AvgIpc) is 2.94. The maximum atomic E-state index is 5.08. The van der Waals surface area contributed by atoms with Gasteiger partial charge >= 0.3 is 0 Å². The van der Waals surface area contributed by atoms with Crippen LogP contribution >= 0.6 is 0 Å². The smallest absolute Gasteiger partial charge is 0.207 e. The summed E-state index contributed by atoms with van der Waals surface area (Å²) in [6, 6.07) is 0. The summed E-state index contributed by atoms with van der Waals surface area (Å²) in [5.41, 5.74) is 2.05. The first-order chi connectivity index (χ1) is 8.74. The first-order valence-electron chi connectivity index (χ1n) is 6.04. The van der Waals surface area contributed by atoms with Gasteiger partial charge in [-0.3, -0.25) is 4.68 Å². The molecular weight excluding hydrogens is 230 g/mol. The van der Waals surface area contributed by atoms with Crippen LogP contribution in [0.15, 0.2) is 18.6 Å². The monoisotopic (exact) mass is 249 g/mol. The van der Waals surface area contributed by atoms with Gasteiger partial charge in [0.1, 0.15) is 0 Å². The maximum absolute atomic E-state index is 5.08. The Labute approximate surface area is 107 Å². The Balaban J connectivity index is 2.15. The lowest BCUT2D eigenvalue weighted by Gasteiger charge is -2.08. The number of aryl methyl sites for hydroxylation is 2. The summed E-state index contributed by atoms with van der Waals surface area (Å²) in [6.07, 6.45) is 6.57. The van der Waals surface area contributed by atoms with Gasteiger partial charge in [-0.25, -0.2) is 4.98 Å². The van der Waals surface area contributed by atoms with Crippen LogP contribution in [0.1, 0.15) is 12.6 Å². The Hall–Kier alpha value is -1.82. The molecule has 2 aromatic heterocycles. The SMILES string of the molecule is CCc1nn(C)cc1Nc1nccn1CCOC. The van der Waals surface area contributed by atoms with Crippen molar-refractivity contribution >= 4 is 11.6 Å². The van der Waals surface area contributed by atoms with Crippen molar-refractivity contribution in [1.82, 2.24) is 19.3 Å². The van der Waals surface area contributed by atoms with Crippen molar-refractivity contribution in [2.75, 3.05) is 19.0 Å². The number of rotatable bonds is 6. The van der Waals surface area contributed by atoms with Crippen LogP contribution in [0.25, 0.3) is 0 Å². The molecule has 0 aliphatic heterocycles. The van der Waals surface area contributed by atoms with Crippen LogP contribution in [0.3, 0.4) is 0 Å². The highest BCUT2D eigenvalue weighted by Crippen LogP contribution is 2.19. The van der Waals surface area contributed by atoms with Crippen LogP contribution in [-0.4, -0.2) is 33.0 Å². The van der Waals surface area contributed by atoms with E-state index in [0.717, 1.165) is 30.3 Å². The molecule has 0 radical (unpaired) electrons. The fourth-order valence-electron chi connectivity index (χ4n) is 1.82. The molecule has 2 rings (SSSR count). The van der Waals surface area contributed by atoms with E-state index in [1.807, 2.05) is 28.7 Å². The maximum Gasteiger partial charge on any atom is 0.207 e. The van der Waals surface area contributed by atoms with Gasteiger partial charge < -0.3 is 14.6 Å². The van der Waals surface area contributed by atoms with E-state index >= 15 is 0 Å². The van der Waals surface area contributed by atoms with Crippen molar-refractivity contribution in [1.29, 1.82) is 0 Å². The fourth-order valence-corrected chi connectivity index (χ4v) is 1.82. The number of aromatic nitrogens is 4. The molecule has 18 heavy (non-hydrogen) atoms. The van der Waals surface area contributed by atoms with Crippen molar-refractivity contribution in [3.63, 3.8) is 0 Å². The molecule has 0 unspecified atom stereocenters. The van der Waals surface area contributed by atoms with Gasteiger partial charge in [-0.1, -0.05) is 6.92 Å². The van der Waals surface area contributed by atoms with Crippen molar-refractivity contribution < 1.29 is 4.74 Å². The standard InChI is InChI=1S/C12H19N5O/c1-4-10-11(9-16(2)15-10)14-12-13-5-6-17(12)7-8-18-3/h5-6,9H,4,7-8H2,1-3H3,(H,13,14). The molecule has 0 fully saturated rings. The molecule has 0 saturated carbocycles. The van der Waals surface area contributed by atoms with Gasteiger partial charge in [0.15, 0.2) is 0 Å². The summed E-state index contributed by atoms with van der Waals surface area (Å²) in [4.78, 5) is 4.31. The second kappa shape index (κ2) is 5.68. The van der Waals surface area contributed by atoms with Crippen LogP contribution in [0, 0.1) is 0 Å². The second-order valence-corrected chi connectivity index (χ2v) is 4.08. The molecule has 0 saturated heterocycles. The molecule has 0 atom stereocenters. The highest BCUT2D eigenvalue weighted by molar-refractivity contribution is 5.55. The lowest BCUT2D eigenvalue weighted by atomic mass is 10.3. The molecule has 2 aromatic rings. The molecular formula is C12H19N5O. The molecule has 0 spiro atoms. The summed E-state index contributed by atoms with van der Waals surface area (Å²) >= 11 is 0. The lowest BCUT2D eigenvalue weighted by Crippen LogP contribution is -2.07. The number of ether oxygens (including phenoxy) is 1. The molecule has 0 bridgehead atoms. The predicted octanol–water partition coefficient (Wildman–Crippen LogP) is 1.57. The first-order valence-corrected chi connectivity index (χ1v) is 6.04. The van der Waals surface area contributed by atoms with E-state index in [2.05, 4.69) is 22.3 Å². The van der Waals surface area contributed by atoms with Gasteiger partial charge in [-0.15, -0.1) is 0 Å². The molecule has 0 aliphatic rings. The zero-order chi connectivity index (χ0) is 13.0. The van der Waals surface area contributed by atoms with E-state index in [9.17, 15) is 0 Å². The van der Waals surface area contributed by atoms with Gasteiger partial charge in [-0.2, -0.15) is 5.10 Å². The quantitative estimate of drug-likeness (QED) is 0.844. The van der Waals surface area contributed by atoms with E-state index in [-0.39, 0.29) is 0 Å². The van der Waals surface area contributed by atoms with E-state index in [1.165, 1.54) is 0 Å². The van der Waals surface area contributed by atoms with E-state index in [1.54, 1.807) is 13.3 Å². The van der Waals surface area contributed by atoms with Crippen molar-refractivity contribution in [2.24, 2.45) is 7.05 Å². The zero-order valence-electron chi connectivity index (χ0n) is 11.1. The summed E-state index contributed by atoms with van der Waals surface area (Å²) in [5, 5.41) is 7.71. The Kier molecular flexibility index (Phi) is 3.99. The Morgan fingerprint density at radius 1 is 1.44 bits per heavy atom. The van der Waals surface area contributed by atoms with Crippen molar-refractivity contribution in [3.05, 3.63) is 24.3 Å². The summed E-state index contributed by atoms with van der Waals surface area (Å²) in [6.45, 7) is 3.53. The Morgan fingerprint density at radius 3 is 3.00 bits per heavy atom. The minimum Gasteiger partial charge on any atom is -0.383 e. The lowest BCUT2D eigenvalue weighted by molar-refractivity contribution is 0.188. The Morgan fingerprint density at radius 2 is 2.28 bits per heavy atom. The summed E-state index contributed by atoms with van der Waals surface area (Å²) in [5.74, 6) is 0.815. The molecule has 0 aromatic carbocycles. The highest BCUT2D eigenvalue weighted by Gasteiger charge is 2.09. The normalized spacial score (nSPS) is 10.8. The fraction of sp³-hybridized carbons (Fsp3) is 0.500. The molecule has 6 heteroatoms. The minimum atomic E-state index is 0.665. The molecule has 2 heterocycles. The highest BCUT2D eigenvalue weighted by atomic mass is 16.5. The largest absolute Gasteiger partial charge is 0.383 e. The third-order valence-corrected chi connectivity index (χ3v) is 2.74. The van der Waals surface area contributed by atoms with Crippen LogP contribution in [0.5, 0.6) is 0 Å². The van der Waals surface area contributed by atoms with Gasteiger partial charge in [-0.05, 0) is 6.42 Å². The van der Waals surface area contributed by atoms with Gasteiger partial charge in [0.2, 0.25) is 5.95 Å². The number of nitrogens with one attached hydrogen (secondary N) is 1. The first kappa shape index (κ1) is 12.6. The van der Waals surface area contributed by atoms with Gasteiger partial charge in [0, 0.05) is 39.3 Å². The molecule has 6 nitrogen and oxygen atoms in total. The van der Waals surface area contributed by atoms with Crippen LogP contribution in [0.4, 0.5) is 11.6 Å². The number of hydrogen-bond acceptors (Lipinski definition) is 4. The molecule has 0 amide bonds. The number of nitrogens with zero attached hydrogens (tertiary/aromatic N) is 4. The second-order valence-electron chi connectivity index (χ2n) is 4.08. The van der Waals surface area contributed by atoms with Gasteiger partial charge in [0.25, 0.3) is 0 Å². The summed E-state index contributed by atoms with van der Waals surface area (Å²) < 4.78 is 8.91. The predicted molar refractivity (Wildman–Crippen MR) is 70.0 cm³/mol. The van der Waals surface area contributed by atoms with E-state index in [0.29, 0.717) is 6.61 Å². The van der Waals surface area contributed by atoms with Gasteiger partial charge in [0.05, 0.1) is 18.0 Å². The summed E-state index contributed by atoms with van der Waals surface area (Å²) in [7, 11) is 3.61. The molecule has 98 valence electrons. The van der Waals surface area contributed by atoms with Crippen LogP contribution < -0.4 is 5.32 Å². The van der Waals surface area contributed by atoms with Crippen molar-refractivity contribution in [3.8, 4) is 0 Å². The number of anilines is 2. The minimum absolute atomic E-state index is 0.665. The van der Waals surface area contributed by atoms with E-state index < -0.39 is 0 Å². The zero-order valence-corrected chi connectivity index (χ0v) is 11.1. The average molecular weight is 249 g/mol.